The van der Waals surface area contributed by atoms with Gasteiger partial charge >= 0.3 is 0 Å². The van der Waals surface area contributed by atoms with E-state index in [1.165, 1.54) is 17.7 Å². The van der Waals surface area contributed by atoms with Crippen molar-refractivity contribution >= 4 is 5.78 Å². The van der Waals surface area contributed by atoms with Crippen LogP contribution in [0.2, 0.25) is 0 Å². The smallest absolute Gasteiger partial charge is 0.139 e. The molecule has 2 heterocycles. The number of carbonyl (C=O) groups is 1. The molecule has 6 heteroatoms. The zero-order chi connectivity index (χ0) is 24.6. The molecule has 0 bridgehead atoms. The molecule has 0 atom stereocenters. The normalized spacial score (nSPS) is 14.7. The zero-order valence-electron chi connectivity index (χ0n) is 20.7. The molecule has 184 valence electrons. The lowest BCUT2D eigenvalue weighted by Gasteiger charge is -2.32. The van der Waals surface area contributed by atoms with E-state index in [0.29, 0.717) is 19.4 Å². The van der Waals surface area contributed by atoms with E-state index in [2.05, 4.69) is 34.0 Å². The van der Waals surface area contributed by atoms with Crippen LogP contribution in [-0.2, 0) is 24.2 Å². The number of benzene rings is 2. The van der Waals surface area contributed by atoms with Crippen LogP contribution in [0.3, 0.4) is 0 Å². The molecule has 0 radical (unpaired) electrons. The van der Waals surface area contributed by atoms with Crippen LogP contribution in [0.5, 0.6) is 5.75 Å². The molecule has 0 saturated carbocycles. The highest BCUT2D eigenvalue weighted by molar-refractivity contribution is 5.80. The van der Waals surface area contributed by atoms with Gasteiger partial charge in [0.1, 0.15) is 17.3 Å². The van der Waals surface area contributed by atoms with Crippen LogP contribution >= 0.6 is 0 Å². The van der Waals surface area contributed by atoms with Gasteiger partial charge in [-0.15, -0.1) is 0 Å². The predicted molar refractivity (Wildman–Crippen MR) is 137 cm³/mol. The van der Waals surface area contributed by atoms with Crippen LogP contribution in [0.1, 0.15) is 30.2 Å². The van der Waals surface area contributed by atoms with E-state index in [0.717, 1.165) is 60.9 Å². The summed E-state index contributed by atoms with van der Waals surface area (Å²) < 4.78 is 19.1. The summed E-state index contributed by atoms with van der Waals surface area (Å²) in [6, 6.07) is 16.7. The zero-order valence-corrected chi connectivity index (χ0v) is 20.7. The number of nitrogens with zero attached hydrogens (tertiary/aromatic N) is 3. The first-order valence-electron chi connectivity index (χ1n) is 12.4. The second-order valence-corrected chi connectivity index (χ2v) is 9.21. The summed E-state index contributed by atoms with van der Waals surface area (Å²) in [4.78, 5) is 21.9. The molecule has 4 rings (SSSR count). The standard InChI is InChI=1S/C29H34FN3O2/c1-3-35-28-11-12-29(24(18-28)21-33-15-13-32(2)14-16-33)23-8-9-26(31-20-23)19-27(34)10-7-22-5-4-6-25(30)17-22/h4-6,8-9,11-12,17-18,20H,3,7,10,13-16,19,21H2,1-2H3. The average molecular weight is 476 g/mol. The van der Waals surface area contributed by atoms with E-state index in [1.54, 1.807) is 6.07 Å². The van der Waals surface area contributed by atoms with Crippen LogP contribution in [0.25, 0.3) is 11.1 Å². The van der Waals surface area contributed by atoms with Gasteiger partial charge in [-0.05, 0) is 67.4 Å². The van der Waals surface area contributed by atoms with Gasteiger partial charge in [0.15, 0.2) is 0 Å². The average Bonchev–Trinajstić information content (AvgIpc) is 2.85. The van der Waals surface area contributed by atoms with Gasteiger partial charge < -0.3 is 9.64 Å². The van der Waals surface area contributed by atoms with Crippen molar-refractivity contribution in [2.75, 3.05) is 39.8 Å². The Labute approximate surface area is 207 Å². The monoisotopic (exact) mass is 475 g/mol. The number of ketones is 1. The molecular weight excluding hydrogens is 441 g/mol. The number of likely N-dealkylation sites (N-methyl/N-ethyl adjacent to an activating group) is 1. The number of hydrogen-bond donors (Lipinski definition) is 0. The molecule has 3 aromatic rings. The summed E-state index contributed by atoms with van der Waals surface area (Å²) in [5, 5.41) is 0. The van der Waals surface area contributed by atoms with Gasteiger partial charge in [0.2, 0.25) is 0 Å². The maximum Gasteiger partial charge on any atom is 0.139 e. The summed E-state index contributed by atoms with van der Waals surface area (Å²) >= 11 is 0. The number of aryl methyl sites for hydroxylation is 1. The Hall–Kier alpha value is -3.09. The Balaban J connectivity index is 1.43. The lowest BCUT2D eigenvalue weighted by Crippen LogP contribution is -2.43. The van der Waals surface area contributed by atoms with E-state index < -0.39 is 0 Å². The molecule has 35 heavy (non-hydrogen) atoms. The van der Waals surface area contributed by atoms with Crippen LogP contribution in [0, 0.1) is 5.82 Å². The fraction of sp³-hybridized carbons (Fsp3) is 0.379. The fourth-order valence-electron chi connectivity index (χ4n) is 4.44. The van der Waals surface area contributed by atoms with Crippen molar-refractivity contribution in [3.63, 3.8) is 0 Å². The van der Waals surface area contributed by atoms with Crippen molar-refractivity contribution in [3.05, 3.63) is 83.4 Å². The number of rotatable bonds is 10. The van der Waals surface area contributed by atoms with Crippen molar-refractivity contribution in [1.82, 2.24) is 14.8 Å². The van der Waals surface area contributed by atoms with Gasteiger partial charge in [-0.2, -0.15) is 0 Å². The molecule has 0 N–H and O–H groups in total. The summed E-state index contributed by atoms with van der Waals surface area (Å²) in [6.45, 7) is 7.73. The predicted octanol–water partition coefficient (Wildman–Crippen LogP) is 4.78. The molecule has 1 aliphatic heterocycles. The van der Waals surface area contributed by atoms with Crippen LogP contribution < -0.4 is 4.74 Å². The molecule has 0 spiro atoms. The van der Waals surface area contributed by atoms with Gasteiger partial charge in [0.05, 0.1) is 6.61 Å². The maximum absolute atomic E-state index is 13.3. The highest BCUT2D eigenvalue weighted by atomic mass is 19.1. The highest BCUT2D eigenvalue weighted by Crippen LogP contribution is 2.29. The van der Waals surface area contributed by atoms with E-state index in [-0.39, 0.29) is 18.0 Å². The first-order valence-corrected chi connectivity index (χ1v) is 12.4. The first-order chi connectivity index (χ1) is 17.0. The number of Topliss-reactive ketones (excluding diaryl/α,β-unsaturated/α-hetero) is 1. The van der Waals surface area contributed by atoms with E-state index in [4.69, 9.17) is 4.74 Å². The van der Waals surface area contributed by atoms with Crippen LogP contribution in [0.4, 0.5) is 4.39 Å². The minimum absolute atomic E-state index is 0.103. The molecule has 1 aromatic heterocycles. The molecule has 1 aliphatic rings. The number of halogens is 1. The van der Waals surface area contributed by atoms with Gasteiger partial charge in [-0.25, -0.2) is 4.39 Å². The third-order valence-electron chi connectivity index (χ3n) is 6.47. The Morgan fingerprint density at radius 2 is 1.89 bits per heavy atom. The van der Waals surface area contributed by atoms with Crippen molar-refractivity contribution < 1.29 is 13.9 Å². The third-order valence-corrected chi connectivity index (χ3v) is 6.47. The minimum Gasteiger partial charge on any atom is -0.494 e. The Morgan fingerprint density at radius 3 is 2.60 bits per heavy atom. The molecule has 0 amide bonds. The molecule has 1 saturated heterocycles. The van der Waals surface area contributed by atoms with E-state index in [9.17, 15) is 9.18 Å². The molecule has 0 aliphatic carbocycles. The minimum atomic E-state index is -0.270. The molecule has 0 unspecified atom stereocenters. The second-order valence-electron chi connectivity index (χ2n) is 9.21. The summed E-state index contributed by atoms with van der Waals surface area (Å²) in [7, 11) is 2.16. The maximum atomic E-state index is 13.3. The molecule has 5 nitrogen and oxygen atoms in total. The van der Waals surface area contributed by atoms with Crippen molar-refractivity contribution in [2.24, 2.45) is 0 Å². The lowest BCUT2D eigenvalue weighted by molar-refractivity contribution is -0.118. The van der Waals surface area contributed by atoms with Crippen LogP contribution in [0.15, 0.2) is 60.8 Å². The number of hydrogen-bond acceptors (Lipinski definition) is 5. The summed E-state index contributed by atoms with van der Waals surface area (Å²) in [5.41, 5.74) is 4.99. The molecule has 2 aromatic carbocycles. The van der Waals surface area contributed by atoms with E-state index >= 15 is 0 Å². The molecular formula is C29H34FN3O2. The Bertz CT molecular complexity index is 1130. The summed E-state index contributed by atoms with van der Waals surface area (Å²) in [6.07, 6.45) is 3.06. The van der Waals surface area contributed by atoms with Crippen molar-refractivity contribution in [1.29, 1.82) is 0 Å². The topological polar surface area (TPSA) is 45.7 Å². The fourth-order valence-corrected chi connectivity index (χ4v) is 4.44. The van der Waals surface area contributed by atoms with E-state index in [1.807, 2.05) is 37.4 Å². The van der Waals surface area contributed by atoms with Gasteiger partial charge in [-0.1, -0.05) is 24.3 Å². The second kappa shape index (κ2) is 12.0. The van der Waals surface area contributed by atoms with Crippen LogP contribution in [-0.4, -0.2) is 60.4 Å². The highest BCUT2D eigenvalue weighted by Gasteiger charge is 2.17. The molecule has 1 fully saturated rings. The van der Waals surface area contributed by atoms with Gasteiger partial charge in [0.25, 0.3) is 0 Å². The third kappa shape index (κ3) is 7.20. The van der Waals surface area contributed by atoms with Crippen molar-refractivity contribution in [2.45, 2.75) is 32.7 Å². The summed E-state index contributed by atoms with van der Waals surface area (Å²) in [5.74, 6) is 0.716. The largest absolute Gasteiger partial charge is 0.494 e. The van der Waals surface area contributed by atoms with Gasteiger partial charge in [-0.3, -0.25) is 14.7 Å². The number of carbonyl (C=O) groups excluding carboxylic acids is 1. The number of piperazine rings is 1. The first kappa shape index (κ1) is 25.0. The number of ether oxygens (including phenoxy) is 1. The quantitative estimate of drug-likeness (QED) is 0.422. The Kier molecular flexibility index (Phi) is 8.61. The lowest BCUT2D eigenvalue weighted by atomic mass is 9.99. The van der Waals surface area contributed by atoms with Gasteiger partial charge in [0, 0.05) is 63.0 Å². The SMILES string of the molecule is CCOc1ccc(-c2ccc(CC(=O)CCc3cccc(F)c3)nc2)c(CN2CCN(C)CC2)c1. The number of pyridine rings is 1. The van der Waals surface area contributed by atoms with Crippen molar-refractivity contribution in [3.8, 4) is 16.9 Å². The Morgan fingerprint density at radius 1 is 1.06 bits per heavy atom. The number of aromatic nitrogens is 1.